The molecule has 1 fully saturated rings. The first kappa shape index (κ1) is 12.2. The molecule has 1 aromatic carbocycles. The summed E-state index contributed by atoms with van der Waals surface area (Å²) in [7, 11) is 3.69. The molecule has 2 heterocycles. The third-order valence-corrected chi connectivity index (χ3v) is 3.29. The van der Waals surface area contributed by atoms with Gasteiger partial charge in [-0.05, 0) is 0 Å². The van der Waals surface area contributed by atoms with Gasteiger partial charge in [0, 0.05) is 52.4 Å². The molecule has 0 bridgehead atoms. The van der Waals surface area contributed by atoms with Crippen LogP contribution in [0.2, 0.25) is 0 Å². The van der Waals surface area contributed by atoms with Gasteiger partial charge in [-0.1, -0.05) is 0 Å². The quantitative estimate of drug-likeness (QED) is 0.889. The summed E-state index contributed by atoms with van der Waals surface area (Å²) in [6.07, 6.45) is 0. The number of rotatable bonds is 2. The number of benzene rings is 1. The number of piperazine rings is 1. The highest BCUT2D eigenvalue weighted by atomic mass is 19.1. The average Bonchev–Trinajstić information content (AvgIpc) is 2.82. The molecule has 102 valence electrons. The summed E-state index contributed by atoms with van der Waals surface area (Å²) in [5, 5.41) is 3.25. The monoisotopic (exact) mass is 264 g/mol. The van der Waals surface area contributed by atoms with Crippen LogP contribution in [0.1, 0.15) is 0 Å². The van der Waals surface area contributed by atoms with Gasteiger partial charge in [-0.3, -0.25) is 0 Å². The molecule has 0 amide bonds. The number of oxazole rings is 1. The maximum Gasteiger partial charge on any atom is 0.297 e. The van der Waals surface area contributed by atoms with Crippen LogP contribution in [0.3, 0.4) is 0 Å². The van der Waals surface area contributed by atoms with Crippen molar-refractivity contribution in [2.75, 3.05) is 50.1 Å². The van der Waals surface area contributed by atoms with Crippen molar-refractivity contribution in [1.82, 2.24) is 10.3 Å². The van der Waals surface area contributed by atoms with E-state index in [2.05, 4.69) is 10.3 Å². The Morgan fingerprint density at radius 3 is 2.74 bits per heavy atom. The fourth-order valence-electron chi connectivity index (χ4n) is 2.26. The third-order valence-electron chi connectivity index (χ3n) is 3.29. The predicted octanol–water partition coefficient (Wildman–Crippen LogP) is 1.44. The second-order valence-corrected chi connectivity index (χ2v) is 4.90. The van der Waals surface area contributed by atoms with Crippen LogP contribution in [0, 0.1) is 5.82 Å². The van der Waals surface area contributed by atoms with Crippen molar-refractivity contribution in [3.63, 3.8) is 0 Å². The van der Waals surface area contributed by atoms with Crippen LogP contribution in [-0.4, -0.2) is 45.3 Å². The summed E-state index contributed by atoms with van der Waals surface area (Å²) in [5.41, 5.74) is 1.77. The molecule has 0 saturated carbocycles. The molecule has 0 aliphatic carbocycles. The molecule has 1 aromatic heterocycles. The van der Waals surface area contributed by atoms with Crippen LogP contribution in [0.4, 0.5) is 16.1 Å². The highest BCUT2D eigenvalue weighted by Gasteiger charge is 2.18. The second kappa shape index (κ2) is 4.70. The summed E-state index contributed by atoms with van der Waals surface area (Å²) in [6, 6.07) is 3.69. The van der Waals surface area contributed by atoms with Crippen LogP contribution < -0.4 is 15.1 Å². The molecule has 0 spiro atoms. The average molecular weight is 264 g/mol. The Kier molecular flexibility index (Phi) is 3.02. The molecule has 1 aliphatic rings. The van der Waals surface area contributed by atoms with Gasteiger partial charge in [0.05, 0.1) is 5.69 Å². The minimum Gasteiger partial charge on any atom is -0.423 e. The van der Waals surface area contributed by atoms with Gasteiger partial charge in [0.2, 0.25) is 0 Å². The molecule has 1 saturated heterocycles. The zero-order valence-corrected chi connectivity index (χ0v) is 11.1. The second-order valence-electron chi connectivity index (χ2n) is 4.90. The Labute approximate surface area is 111 Å². The zero-order chi connectivity index (χ0) is 13.4. The molecular weight excluding hydrogens is 247 g/mol. The normalized spacial score (nSPS) is 16.1. The molecule has 19 heavy (non-hydrogen) atoms. The van der Waals surface area contributed by atoms with Crippen molar-refractivity contribution < 1.29 is 8.81 Å². The first-order valence-corrected chi connectivity index (χ1v) is 6.38. The minimum atomic E-state index is -0.243. The van der Waals surface area contributed by atoms with Gasteiger partial charge in [0.1, 0.15) is 11.3 Å². The van der Waals surface area contributed by atoms with E-state index in [9.17, 15) is 4.39 Å². The number of aromatic nitrogens is 1. The molecule has 1 aliphatic heterocycles. The Morgan fingerprint density at radius 1 is 1.32 bits per heavy atom. The lowest BCUT2D eigenvalue weighted by Gasteiger charge is -2.29. The standard InChI is InChI=1S/C13H17FN4O/c1-17(2)13-16-10-7-9(14)11(8-12(10)19-13)18-5-3-15-4-6-18/h7-8,15H,3-6H2,1-2H3. The van der Waals surface area contributed by atoms with Crippen molar-refractivity contribution in [2.45, 2.75) is 0 Å². The largest absolute Gasteiger partial charge is 0.423 e. The van der Waals surface area contributed by atoms with Crippen LogP contribution in [-0.2, 0) is 0 Å². The number of hydrogen-bond acceptors (Lipinski definition) is 5. The molecule has 6 heteroatoms. The van der Waals surface area contributed by atoms with E-state index in [4.69, 9.17) is 4.42 Å². The van der Waals surface area contributed by atoms with Gasteiger partial charge >= 0.3 is 0 Å². The van der Waals surface area contributed by atoms with E-state index in [-0.39, 0.29) is 5.82 Å². The highest BCUT2D eigenvalue weighted by molar-refractivity contribution is 5.79. The lowest BCUT2D eigenvalue weighted by Crippen LogP contribution is -2.43. The first-order valence-electron chi connectivity index (χ1n) is 6.38. The van der Waals surface area contributed by atoms with Gasteiger partial charge < -0.3 is 19.5 Å². The van der Waals surface area contributed by atoms with Crippen molar-refractivity contribution in [1.29, 1.82) is 0 Å². The van der Waals surface area contributed by atoms with Crippen molar-refractivity contribution in [3.8, 4) is 0 Å². The molecule has 1 N–H and O–H groups in total. The van der Waals surface area contributed by atoms with Crippen molar-refractivity contribution in [2.24, 2.45) is 0 Å². The van der Waals surface area contributed by atoms with Crippen LogP contribution in [0.15, 0.2) is 16.5 Å². The van der Waals surface area contributed by atoms with Gasteiger partial charge in [-0.15, -0.1) is 0 Å². The number of halogens is 1. The van der Waals surface area contributed by atoms with Crippen molar-refractivity contribution >= 4 is 22.8 Å². The van der Waals surface area contributed by atoms with E-state index < -0.39 is 0 Å². The summed E-state index contributed by atoms with van der Waals surface area (Å²) in [6.45, 7) is 3.35. The maximum atomic E-state index is 14.2. The molecule has 5 nitrogen and oxygen atoms in total. The number of fused-ring (bicyclic) bond motifs is 1. The van der Waals surface area contributed by atoms with Gasteiger partial charge in [0.25, 0.3) is 6.01 Å². The summed E-state index contributed by atoms with van der Waals surface area (Å²) >= 11 is 0. The first-order chi connectivity index (χ1) is 9.15. The number of nitrogens with zero attached hydrogens (tertiary/aromatic N) is 3. The molecule has 2 aromatic rings. The van der Waals surface area contributed by atoms with Crippen LogP contribution in [0.25, 0.3) is 11.1 Å². The molecule has 0 radical (unpaired) electrons. The van der Waals surface area contributed by atoms with E-state index in [1.807, 2.05) is 19.0 Å². The predicted molar refractivity (Wildman–Crippen MR) is 73.4 cm³/mol. The highest BCUT2D eigenvalue weighted by Crippen LogP contribution is 2.28. The van der Waals surface area contributed by atoms with Crippen LogP contribution in [0.5, 0.6) is 0 Å². The number of nitrogens with one attached hydrogen (secondary N) is 1. The van der Waals surface area contributed by atoms with Crippen molar-refractivity contribution in [3.05, 3.63) is 17.9 Å². The Balaban J connectivity index is 2.02. The van der Waals surface area contributed by atoms with Gasteiger partial charge in [0.15, 0.2) is 5.58 Å². The van der Waals surface area contributed by atoms with Gasteiger partial charge in [-0.2, -0.15) is 4.98 Å². The third kappa shape index (κ3) is 2.23. The Bertz CT molecular complexity index is 590. The summed E-state index contributed by atoms with van der Waals surface area (Å²) in [5.74, 6) is -0.243. The van der Waals surface area contributed by atoms with Gasteiger partial charge in [-0.25, -0.2) is 4.39 Å². The molecule has 0 unspecified atom stereocenters. The lowest BCUT2D eigenvalue weighted by molar-refractivity contribution is 0.564. The molecular formula is C13H17FN4O. The fraction of sp³-hybridized carbons (Fsp3) is 0.462. The fourth-order valence-corrected chi connectivity index (χ4v) is 2.26. The van der Waals surface area contributed by atoms with E-state index >= 15 is 0 Å². The van der Waals surface area contributed by atoms with Crippen LogP contribution >= 0.6 is 0 Å². The number of anilines is 2. The lowest BCUT2D eigenvalue weighted by atomic mass is 10.2. The Hall–Kier alpha value is -1.82. The number of hydrogen-bond donors (Lipinski definition) is 1. The molecule has 3 rings (SSSR count). The zero-order valence-electron chi connectivity index (χ0n) is 11.1. The minimum absolute atomic E-state index is 0.243. The summed E-state index contributed by atoms with van der Waals surface area (Å²) < 4.78 is 19.8. The van der Waals surface area contributed by atoms with E-state index in [1.54, 1.807) is 11.0 Å². The smallest absolute Gasteiger partial charge is 0.297 e. The Morgan fingerprint density at radius 2 is 2.05 bits per heavy atom. The molecule has 0 atom stereocenters. The SMILES string of the molecule is CN(C)c1nc2cc(F)c(N3CCNCC3)cc2o1. The topological polar surface area (TPSA) is 44.5 Å². The van der Waals surface area contributed by atoms with E-state index in [0.717, 1.165) is 26.2 Å². The maximum absolute atomic E-state index is 14.2. The van der Waals surface area contributed by atoms with E-state index in [1.165, 1.54) is 6.07 Å². The summed E-state index contributed by atoms with van der Waals surface area (Å²) in [4.78, 5) is 8.04. The van der Waals surface area contributed by atoms with E-state index in [0.29, 0.717) is 22.8 Å².